The smallest absolute Gasteiger partial charge is 0.494 e. The van der Waals surface area contributed by atoms with Crippen molar-refractivity contribution in [1.29, 1.82) is 0 Å². The predicted molar refractivity (Wildman–Crippen MR) is 214 cm³/mol. The molecule has 292 valence electrons. The van der Waals surface area contributed by atoms with Gasteiger partial charge in [-0.3, -0.25) is 38.3 Å². The SMILES string of the molecule is C(=CC=Nc1ccccc1)C=CNc1ccccc1.C=[N+]1C(=O)C(=CC=CC=Cc2c(O)n(C)c(=O)n(C)c2=O)C(=O)[N+](=C)C1=O.CN1C(=O)CC(=O)N(C)C1=O. The zero-order valence-electron chi connectivity index (χ0n) is 31.5. The number of nitrogens with zero attached hydrogens (tertiary/aromatic N) is 7. The van der Waals surface area contributed by atoms with Crippen LogP contribution in [0.3, 0.4) is 0 Å². The number of aromatic nitrogens is 2. The maximum Gasteiger partial charge on any atom is 0.688 e. The van der Waals surface area contributed by atoms with Crippen LogP contribution in [0.25, 0.3) is 6.08 Å². The van der Waals surface area contributed by atoms with E-state index in [-0.39, 0.29) is 17.6 Å². The van der Waals surface area contributed by atoms with Crippen LogP contribution in [0.4, 0.5) is 21.0 Å². The number of imide groups is 4. The summed E-state index contributed by atoms with van der Waals surface area (Å²) in [6.45, 7) is 6.50. The van der Waals surface area contributed by atoms with Crippen LogP contribution in [0.5, 0.6) is 5.88 Å². The molecule has 2 aliphatic rings. The highest BCUT2D eigenvalue weighted by Crippen LogP contribution is 2.12. The topological polar surface area (TPSA) is 204 Å². The molecule has 0 spiro atoms. The molecular weight excluding hydrogens is 736 g/mol. The van der Waals surface area contributed by atoms with Gasteiger partial charge in [-0.1, -0.05) is 60.7 Å². The molecule has 0 bridgehead atoms. The Balaban J connectivity index is 0.000000251. The van der Waals surface area contributed by atoms with Crippen LogP contribution in [-0.2, 0) is 33.3 Å². The highest BCUT2D eigenvalue weighted by atomic mass is 16.3. The Hall–Kier alpha value is -7.95. The Morgan fingerprint density at radius 2 is 1.25 bits per heavy atom. The molecule has 3 aromatic rings. The van der Waals surface area contributed by atoms with Crippen molar-refractivity contribution in [3.05, 3.63) is 141 Å². The second-order valence-electron chi connectivity index (χ2n) is 11.7. The van der Waals surface area contributed by atoms with Crippen LogP contribution in [-0.4, -0.2) is 103 Å². The number of hydrogen-bond donors (Lipinski definition) is 2. The number of barbiturate groups is 2. The summed E-state index contributed by atoms with van der Waals surface area (Å²) < 4.78 is 2.77. The lowest BCUT2D eigenvalue weighted by Crippen LogP contribution is -2.51. The van der Waals surface area contributed by atoms with Gasteiger partial charge in [0.2, 0.25) is 23.3 Å². The molecule has 2 N–H and O–H groups in total. The van der Waals surface area contributed by atoms with E-state index in [0.717, 1.165) is 36.4 Å². The van der Waals surface area contributed by atoms with Gasteiger partial charge in [-0.15, -0.1) is 0 Å². The van der Waals surface area contributed by atoms with E-state index in [1.54, 1.807) is 6.21 Å². The van der Waals surface area contributed by atoms with Crippen molar-refractivity contribution in [3.63, 3.8) is 0 Å². The average molecular weight is 777 g/mol. The number of amides is 8. The lowest BCUT2D eigenvalue weighted by molar-refractivity contribution is -0.487. The highest BCUT2D eigenvalue weighted by molar-refractivity contribution is 6.19. The van der Waals surface area contributed by atoms with E-state index in [1.165, 1.54) is 52.5 Å². The first-order valence-corrected chi connectivity index (χ1v) is 16.8. The first kappa shape index (κ1) is 43.5. The Kier molecular flexibility index (Phi) is 15.6. The van der Waals surface area contributed by atoms with Crippen molar-refractivity contribution in [2.75, 3.05) is 19.4 Å². The number of benzene rings is 2. The first-order chi connectivity index (χ1) is 27.1. The number of allylic oxidation sites excluding steroid dienone is 7. The fraction of sp³-hybridized carbons (Fsp3) is 0.125. The van der Waals surface area contributed by atoms with Gasteiger partial charge in [0.15, 0.2) is 13.4 Å². The molecule has 2 fully saturated rings. The van der Waals surface area contributed by atoms with Crippen molar-refractivity contribution >= 4 is 72.8 Å². The predicted octanol–water partition coefficient (Wildman–Crippen LogP) is 2.90. The summed E-state index contributed by atoms with van der Waals surface area (Å²) in [6.07, 6.45) is 15.7. The molecule has 1 aromatic heterocycles. The van der Waals surface area contributed by atoms with Gasteiger partial charge < -0.3 is 10.4 Å². The number of aromatic hydroxyl groups is 1. The molecular formula is C40H40N8O9+2. The summed E-state index contributed by atoms with van der Waals surface area (Å²) in [7, 11) is 5.30. The Bertz CT molecular complexity index is 2350. The molecule has 57 heavy (non-hydrogen) atoms. The number of hydrogen-bond acceptors (Lipinski definition) is 11. The fourth-order valence-electron chi connectivity index (χ4n) is 4.51. The second kappa shape index (κ2) is 20.5. The van der Waals surface area contributed by atoms with E-state index in [0.29, 0.717) is 9.15 Å². The van der Waals surface area contributed by atoms with Crippen molar-refractivity contribution in [3.8, 4) is 5.88 Å². The third-order valence-electron chi connectivity index (χ3n) is 7.86. The van der Waals surface area contributed by atoms with Crippen molar-refractivity contribution in [1.82, 2.24) is 18.9 Å². The first-order valence-electron chi connectivity index (χ1n) is 16.8. The summed E-state index contributed by atoms with van der Waals surface area (Å²) in [5, 5.41) is 13.1. The van der Waals surface area contributed by atoms with Gasteiger partial charge in [0, 0.05) is 46.3 Å². The zero-order chi connectivity index (χ0) is 42.2. The van der Waals surface area contributed by atoms with Crippen LogP contribution in [0.2, 0.25) is 0 Å². The van der Waals surface area contributed by atoms with Crippen molar-refractivity contribution < 1.29 is 43.0 Å². The highest BCUT2D eigenvalue weighted by Gasteiger charge is 2.51. The maximum atomic E-state index is 12.0. The van der Waals surface area contributed by atoms with Gasteiger partial charge in [-0.25, -0.2) is 19.2 Å². The van der Waals surface area contributed by atoms with Gasteiger partial charge >= 0.3 is 29.6 Å². The molecule has 17 heteroatoms. The number of anilines is 1. The third-order valence-corrected chi connectivity index (χ3v) is 7.86. The number of urea groups is 2. The molecule has 3 heterocycles. The molecule has 2 aromatic carbocycles. The third kappa shape index (κ3) is 11.5. The summed E-state index contributed by atoms with van der Waals surface area (Å²) in [4.78, 5) is 97.8. The summed E-state index contributed by atoms with van der Waals surface area (Å²) in [5.74, 6) is -3.13. The normalized spacial score (nSPS) is 15.0. The van der Waals surface area contributed by atoms with Crippen LogP contribution in [0.15, 0.2) is 130 Å². The van der Waals surface area contributed by atoms with E-state index in [2.05, 4.69) is 23.7 Å². The maximum absolute atomic E-state index is 12.0. The molecule has 17 nitrogen and oxygen atoms in total. The van der Waals surface area contributed by atoms with Crippen LogP contribution in [0, 0.1) is 0 Å². The van der Waals surface area contributed by atoms with E-state index in [1.807, 2.05) is 85.1 Å². The van der Waals surface area contributed by atoms with Crippen molar-refractivity contribution in [2.45, 2.75) is 6.42 Å². The summed E-state index contributed by atoms with van der Waals surface area (Å²) >= 11 is 0. The molecule has 2 aliphatic heterocycles. The summed E-state index contributed by atoms with van der Waals surface area (Å²) in [5.41, 5.74) is 0.248. The Morgan fingerprint density at radius 3 is 1.82 bits per heavy atom. The number of carbonyl (C=O) groups excluding carboxylic acids is 6. The Labute approximate surface area is 326 Å². The standard InChI is InChI=1S/C17H15N4O6.C17H16N2.C6H8N2O3/c1-18-12(22)10(13(23)19(2)16(18)26)8-6-5-7-9-11-14(24)20(3)17(27)21(4)15(11)25;1-4-10-16(11-5-1)18-14-8-3-9-15-19-17-12-6-2-7-13-17;1-7-4(9)3-5(10)8(2)6(7)11/h5-9H,1-2H2,3-4H3;1-15,18H;3H2,1-2H3/q+1;;/p+1. The minimum absolute atomic E-state index is 0.111. The van der Waals surface area contributed by atoms with E-state index >= 15 is 0 Å². The van der Waals surface area contributed by atoms with Gasteiger partial charge in [0.1, 0.15) is 12.0 Å². The van der Waals surface area contributed by atoms with E-state index < -0.39 is 52.8 Å². The fourth-order valence-corrected chi connectivity index (χ4v) is 4.51. The molecule has 0 atom stereocenters. The van der Waals surface area contributed by atoms with Gasteiger partial charge in [0.25, 0.3) is 5.56 Å². The molecule has 0 radical (unpaired) electrons. The van der Waals surface area contributed by atoms with Gasteiger partial charge in [-0.05, 0) is 57.7 Å². The molecule has 0 saturated carbocycles. The molecule has 0 aliphatic carbocycles. The van der Waals surface area contributed by atoms with Crippen molar-refractivity contribution in [2.24, 2.45) is 19.1 Å². The average Bonchev–Trinajstić information content (AvgIpc) is 3.22. The second-order valence-corrected chi connectivity index (χ2v) is 11.7. The lowest BCUT2D eigenvalue weighted by atomic mass is 10.1. The molecule has 8 amide bonds. The Morgan fingerprint density at radius 1 is 0.702 bits per heavy atom. The molecule has 2 saturated heterocycles. The number of carbonyl (C=O) groups is 6. The quantitative estimate of drug-likeness (QED) is 0.0855. The zero-order valence-corrected chi connectivity index (χ0v) is 31.5. The minimum Gasteiger partial charge on any atom is -0.494 e. The monoisotopic (exact) mass is 776 g/mol. The van der Waals surface area contributed by atoms with Gasteiger partial charge in [-0.2, -0.15) is 4.79 Å². The molecule has 5 rings (SSSR count). The lowest BCUT2D eigenvalue weighted by Gasteiger charge is -2.26. The van der Waals surface area contributed by atoms with E-state index in [4.69, 9.17) is 0 Å². The number of para-hydroxylation sites is 2. The molecule has 0 unspecified atom stereocenters. The van der Waals surface area contributed by atoms with Crippen LogP contribution < -0.4 is 16.6 Å². The number of nitrogens with one attached hydrogen (secondary N) is 1. The van der Waals surface area contributed by atoms with E-state index in [9.17, 15) is 43.5 Å². The van der Waals surface area contributed by atoms with Gasteiger partial charge in [0.05, 0.1) is 5.69 Å². The number of rotatable bonds is 8. The largest absolute Gasteiger partial charge is 0.688 e. The summed E-state index contributed by atoms with van der Waals surface area (Å²) in [6, 6.07) is 18.4. The minimum atomic E-state index is -0.938. The number of aliphatic imine (C=N–C) groups is 1. The van der Waals surface area contributed by atoms with Crippen LogP contribution >= 0.6 is 0 Å². The van der Waals surface area contributed by atoms with Crippen LogP contribution in [0.1, 0.15) is 12.0 Å².